The van der Waals surface area contributed by atoms with Crippen molar-refractivity contribution < 1.29 is 23.8 Å². The summed E-state index contributed by atoms with van der Waals surface area (Å²) >= 11 is 0. The van der Waals surface area contributed by atoms with E-state index in [2.05, 4.69) is 29.1 Å². The number of nitrogens with zero attached hydrogens (tertiary/aromatic N) is 4. The van der Waals surface area contributed by atoms with Gasteiger partial charge in [0.05, 0.1) is 29.6 Å². The summed E-state index contributed by atoms with van der Waals surface area (Å²) < 4.78 is 27.2. The van der Waals surface area contributed by atoms with E-state index in [1.807, 2.05) is 52.0 Å². The molecule has 1 fully saturated rings. The van der Waals surface area contributed by atoms with Gasteiger partial charge >= 0.3 is 5.97 Å². The molecule has 3 heterocycles. The summed E-state index contributed by atoms with van der Waals surface area (Å²) in [5.41, 5.74) is 5.21. The number of aliphatic carboxylic acids is 1. The summed E-state index contributed by atoms with van der Waals surface area (Å²) in [6.07, 6.45) is 3.15. The number of carbonyl (C=O) groups is 1. The van der Waals surface area contributed by atoms with Gasteiger partial charge in [-0.15, -0.1) is 5.10 Å². The van der Waals surface area contributed by atoms with Crippen LogP contribution in [0.5, 0.6) is 5.75 Å². The second kappa shape index (κ2) is 12.0. The third kappa shape index (κ3) is 6.82. The fraction of sp³-hybridized carbons (Fsp3) is 0.441. The fourth-order valence-electron chi connectivity index (χ4n) is 5.70. The maximum Gasteiger partial charge on any atom is 0.337 e. The lowest BCUT2D eigenvalue weighted by Gasteiger charge is -2.41. The highest BCUT2D eigenvalue weighted by Gasteiger charge is 2.37. The van der Waals surface area contributed by atoms with Crippen molar-refractivity contribution in [2.45, 2.75) is 72.5 Å². The fourth-order valence-corrected chi connectivity index (χ4v) is 5.70. The normalized spacial score (nSPS) is 15.9. The quantitative estimate of drug-likeness (QED) is 0.224. The number of pyridine rings is 1. The van der Waals surface area contributed by atoms with Crippen LogP contribution in [0, 0.1) is 18.2 Å². The summed E-state index contributed by atoms with van der Waals surface area (Å²) in [5.74, 6) is -0.595. The number of piperidine rings is 1. The van der Waals surface area contributed by atoms with Crippen molar-refractivity contribution in [2.24, 2.45) is 5.41 Å². The summed E-state index contributed by atoms with van der Waals surface area (Å²) in [6, 6.07) is 14.3. The third-order valence-electron chi connectivity index (χ3n) is 8.11. The average Bonchev–Trinajstić information content (AvgIpc) is 3.43. The lowest BCUT2D eigenvalue weighted by Crippen LogP contribution is -2.39. The number of hydrogen-bond donors (Lipinski definition) is 1. The van der Waals surface area contributed by atoms with Gasteiger partial charge in [0.2, 0.25) is 0 Å². The van der Waals surface area contributed by atoms with E-state index in [0.29, 0.717) is 30.0 Å². The summed E-state index contributed by atoms with van der Waals surface area (Å²) in [6.45, 7) is 14.1. The van der Waals surface area contributed by atoms with Crippen molar-refractivity contribution in [3.05, 3.63) is 77.4 Å². The zero-order chi connectivity index (χ0) is 30.9. The van der Waals surface area contributed by atoms with Crippen LogP contribution >= 0.6 is 0 Å². The molecule has 4 aromatic rings. The van der Waals surface area contributed by atoms with Gasteiger partial charge in [-0.2, -0.15) is 0 Å². The van der Waals surface area contributed by atoms with E-state index in [-0.39, 0.29) is 11.2 Å². The van der Waals surface area contributed by atoms with Crippen molar-refractivity contribution >= 4 is 17.2 Å². The lowest BCUT2D eigenvalue weighted by atomic mass is 9.82. The van der Waals surface area contributed by atoms with Gasteiger partial charge in [0.1, 0.15) is 11.6 Å². The molecule has 0 aliphatic carbocycles. The molecule has 228 valence electrons. The SMILES string of the molecule is Cc1c([C@H](OC(C)(C)C)C(=O)O)c(N2CCC(C)(C)CC2)c(-c2ccc(OCCc3ccc(F)cc3)cc2)c2cnnn12. The van der Waals surface area contributed by atoms with Gasteiger partial charge in [0, 0.05) is 36.3 Å². The minimum Gasteiger partial charge on any atom is -0.493 e. The molecule has 1 saturated heterocycles. The molecule has 5 rings (SSSR count). The first-order chi connectivity index (χ1) is 20.3. The smallest absolute Gasteiger partial charge is 0.337 e. The topological polar surface area (TPSA) is 89.2 Å². The van der Waals surface area contributed by atoms with Gasteiger partial charge in [-0.25, -0.2) is 13.7 Å². The molecule has 0 radical (unpaired) electrons. The molecule has 2 aromatic heterocycles. The molecular weight excluding hydrogens is 547 g/mol. The predicted molar refractivity (Wildman–Crippen MR) is 165 cm³/mol. The van der Waals surface area contributed by atoms with Crippen molar-refractivity contribution in [2.75, 3.05) is 24.6 Å². The minimum absolute atomic E-state index is 0.204. The van der Waals surface area contributed by atoms with Gasteiger partial charge in [-0.3, -0.25) is 0 Å². The van der Waals surface area contributed by atoms with E-state index >= 15 is 0 Å². The largest absolute Gasteiger partial charge is 0.493 e. The number of benzene rings is 2. The van der Waals surface area contributed by atoms with Gasteiger partial charge in [0.25, 0.3) is 0 Å². The molecule has 1 N–H and O–H groups in total. The first kappa shape index (κ1) is 30.5. The van der Waals surface area contributed by atoms with Gasteiger partial charge in [-0.1, -0.05) is 43.3 Å². The Morgan fingerprint density at radius 1 is 1.07 bits per heavy atom. The predicted octanol–water partition coefficient (Wildman–Crippen LogP) is 7.03. The van der Waals surface area contributed by atoms with E-state index in [1.165, 1.54) is 12.1 Å². The molecule has 0 spiro atoms. The van der Waals surface area contributed by atoms with Gasteiger partial charge < -0.3 is 19.5 Å². The van der Waals surface area contributed by atoms with Crippen LogP contribution in [0.3, 0.4) is 0 Å². The van der Waals surface area contributed by atoms with Gasteiger partial charge in [-0.05, 0) is 81.3 Å². The Hall–Kier alpha value is -3.98. The number of aryl methyl sites for hydroxylation is 1. The van der Waals surface area contributed by atoms with Crippen LogP contribution in [0.2, 0.25) is 0 Å². The van der Waals surface area contributed by atoms with Crippen LogP contribution in [0.15, 0.2) is 54.7 Å². The maximum atomic E-state index is 13.2. The highest BCUT2D eigenvalue weighted by atomic mass is 19.1. The maximum absolute atomic E-state index is 13.2. The Morgan fingerprint density at radius 2 is 1.72 bits per heavy atom. The monoisotopic (exact) mass is 588 g/mol. The second-order valence-corrected chi connectivity index (χ2v) is 13.1. The molecule has 0 amide bonds. The minimum atomic E-state index is -1.20. The summed E-state index contributed by atoms with van der Waals surface area (Å²) in [4.78, 5) is 15.1. The molecule has 8 nitrogen and oxygen atoms in total. The Labute approximate surface area is 252 Å². The van der Waals surface area contributed by atoms with E-state index in [0.717, 1.165) is 53.8 Å². The highest BCUT2D eigenvalue weighted by Crippen LogP contribution is 2.46. The Kier molecular flexibility index (Phi) is 8.47. The molecule has 1 atom stereocenters. The molecule has 1 aliphatic rings. The lowest BCUT2D eigenvalue weighted by molar-refractivity contribution is -0.160. The van der Waals surface area contributed by atoms with E-state index < -0.39 is 17.7 Å². The molecule has 9 heteroatoms. The average molecular weight is 589 g/mol. The van der Waals surface area contributed by atoms with E-state index in [4.69, 9.17) is 9.47 Å². The molecule has 43 heavy (non-hydrogen) atoms. The van der Waals surface area contributed by atoms with Crippen LogP contribution in [0.4, 0.5) is 10.1 Å². The first-order valence-corrected chi connectivity index (χ1v) is 14.8. The number of aromatic nitrogens is 3. The Bertz CT molecular complexity index is 1580. The van der Waals surface area contributed by atoms with E-state index in [1.54, 1.807) is 22.8 Å². The standard InChI is InChI=1S/C34H41FN4O4/c1-22-28(31(32(40)41)43-33(2,3)4)30(38-18-16-34(5,6)17-19-38)29(27-21-36-37-39(22)27)24-9-13-26(14-10-24)42-20-15-23-7-11-25(35)12-8-23/h7-14,21,31H,15-20H2,1-6H3,(H,40,41)/t31-/m0/s1. The summed E-state index contributed by atoms with van der Waals surface area (Å²) in [5, 5.41) is 19.1. The molecule has 0 bridgehead atoms. The number of anilines is 1. The number of rotatable bonds is 9. The van der Waals surface area contributed by atoms with Gasteiger partial charge in [0.15, 0.2) is 6.10 Å². The number of hydrogen-bond acceptors (Lipinski definition) is 6. The molecule has 2 aromatic carbocycles. The van der Waals surface area contributed by atoms with Crippen molar-refractivity contribution in [1.82, 2.24) is 14.8 Å². The number of carboxylic acid groups (broad SMARTS) is 1. The molecule has 0 saturated carbocycles. The molecular formula is C34H41FN4O4. The third-order valence-corrected chi connectivity index (χ3v) is 8.11. The second-order valence-electron chi connectivity index (χ2n) is 13.1. The van der Waals surface area contributed by atoms with Crippen molar-refractivity contribution in [1.29, 1.82) is 0 Å². The molecule has 0 unspecified atom stereocenters. The number of ether oxygens (including phenoxy) is 2. The zero-order valence-electron chi connectivity index (χ0n) is 25.9. The van der Waals surface area contributed by atoms with Crippen LogP contribution in [-0.4, -0.2) is 51.2 Å². The highest BCUT2D eigenvalue weighted by molar-refractivity contribution is 5.95. The van der Waals surface area contributed by atoms with E-state index in [9.17, 15) is 14.3 Å². The van der Waals surface area contributed by atoms with Crippen LogP contribution in [0.1, 0.15) is 70.4 Å². The summed E-state index contributed by atoms with van der Waals surface area (Å²) in [7, 11) is 0. The van der Waals surface area contributed by atoms with Crippen molar-refractivity contribution in [3.63, 3.8) is 0 Å². The number of fused-ring (bicyclic) bond motifs is 1. The van der Waals surface area contributed by atoms with Crippen LogP contribution in [0.25, 0.3) is 16.6 Å². The number of carboxylic acids is 1. The first-order valence-electron chi connectivity index (χ1n) is 14.8. The number of halogens is 1. The van der Waals surface area contributed by atoms with Crippen LogP contribution < -0.4 is 9.64 Å². The Balaban J connectivity index is 1.58. The van der Waals surface area contributed by atoms with Crippen LogP contribution in [-0.2, 0) is 16.0 Å². The van der Waals surface area contributed by atoms with Crippen molar-refractivity contribution in [3.8, 4) is 16.9 Å². The zero-order valence-corrected chi connectivity index (χ0v) is 25.9. The Morgan fingerprint density at radius 3 is 2.33 bits per heavy atom. The molecule has 1 aliphatic heterocycles.